The highest BCUT2D eigenvalue weighted by atomic mass is 32.1. The Hall–Kier alpha value is -5.58. The SMILES string of the molecule is CC(C)(C)c1ccc(N2c3ccc(C(C)(C)C)cc3B3c4cc(C(C)(C)C)ccc4N(c4cccc(-c5ccc6c(c5)sc5ccccc56)c4)c4cc(C(C)(C)C)cc2c43)cc1. The predicted molar refractivity (Wildman–Crippen MR) is 274 cm³/mol. The van der Waals surface area contributed by atoms with Crippen molar-refractivity contribution < 1.29 is 0 Å². The first-order chi connectivity index (χ1) is 29.3. The van der Waals surface area contributed by atoms with Crippen LogP contribution in [0.25, 0.3) is 31.3 Å². The molecule has 310 valence electrons. The summed E-state index contributed by atoms with van der Waals surface area (Å²) >= 11 is 1.88. The summed E-state index contributed by atoms with van der Waals surface area (Å²) < 4.78 is 2.66. The van der Waals surface area contributed by atoms with Crippen molar-refractivity contribution in [3.05, 3.63) is 162 Å². The largest absolute Gasteiger partial charge is 0.311 e. The molecule has 0 fully saturated rings. The van der Waals surface area contributed by atoms with Gasteiger partial charge in [0.1, 0.15) is 0 Å². The maximum atomic E-state index is 2.59. The van der Waals surface area contributed by atoms with Crippen LogP contribution in [0.3, 0.4) is 0 Å². The lowest BCUT2D eigenvalue weighted by Crippen LogP contribution is -2.61. The lowest BCUT2D eigenvalue weighted by molar-refractivity contribution is 0.589. The fraction of sp³-hybridized carbons (Fsp3) is 0.276. The van der Waals surface area contributed by atoms with Gasteiger partial charge in [0.25, 0.3) is 6.71 Å². The van der Waals surface area contributed by atoms with Gasteiger partial charge in [0, 0.05) is 54.3 Å². The molecule has 0 radical (unpaired) electrons. The van der Waals surface area contributed by atoms with E-state index in [9.17, 15) is 0 Å². The zero-order valence-corrected chi connectivity index (χ0v) is 39.5. The Morgan fingerprint density at radius 2 is 0.887 bits per heavy atom. The summed E-state index contributed by atoms with van der Waals surface area (Å²) in [7, 11) is 0. The maximum absolute atomic E-state index is 2.59. The normalized spacial score (nSPS) is 14.0. The van der Waals surface area contributed by atoms with Crippen molar-refractivity contribution in [3.8, 4) is 11.1 Å². The Morgan fingerprint density at radius 1 is 0.371 bits per heavy atom. The van der Waals surface area contributed by atoms with Gasteiger partial charge in [0.15, 0.2) is 0 Å². The molecule has 0 aliphatic carbocycles. The van der Waals surface area contributed by atoms with Crippen LogP contribution in [0.4, 0.5) is 34.1 Å². The number of thiophene rings is 1. The molecule has 0 amide bonds. The second-order valence-corrected chi connectivity index (χ2v) is 23.1. The van der Waals surface area contributed by atoms with Crippen LogP contribution in [0.2, 0.25) is 0 Å². The summed E-state index contributed by atoms with van der Waals surface area (Å²) in [4.78, 5) is 5.17. The molecule has 0 saturated heterocycles. The molecule has 2 aliphatic rings. The van der Waals surface area contributed by atoms with Gasteiger partial charge in [-0.1, -0.05) is 162 Å². The third-order valence-electron chi connectivity index (χ3n) is 13.5. The third kappa shape index (κ3) is 6.69. The minimum atomic E-state index is -0.0945. The Labute approximate surface area is 374 Å². The van der Waals surface area contributed by atoms with Crippen LogP contribution in [0, 0.1) is 0 Å². The molecule has 2 nitrogen and oxygen atoms in total. The monoisotopic (exact) mass is 826 g/mol. The third-order valence-corrected chi connectivity index (χ3v) is 14.6. The quantitative estimate of drug-likeness (QED) is 0.164. The lowest BCUT2D eigenvalue weighted by atomic mass is 9.33. The van der Waals surface area contributed by atoms with Crippen molar-refractivity contribution in [2.24, 2.45) is 0 Å². The van der Waals surface area contributed by atoms with E-state index in [4.69, 9.17) is 0 Å². The maximum Gasteiger partial charge on any atom is 0.252 e. The van der Waals surface area contributed by atoms with E-state index in [1.807, 2.05) is 11.3 Å². The molecule has 10 rings (SSSR count). The molecule has 0 unspecified atom stereocenters. The zero-order chi connectivity index (χ0) is 43.7. The summed E-state index contributed by atoms with van der Waals surface area (Å²) in [6.45, 7) is 28.1. The molecule has 4 heteroatoms. The van der Waals surface area contributed by atoms with Crippen LogP contribution < -0.4 is 26.2 Å². The molecule has 0 atom stereocenters. The van der Waals surface area contributed by atoms with Crippen LogP contribution in [0.1, 0.15) is 105 Å². The van der Waals surface area contributed by atoms with E-state index in [2.05, 4.69) is 232 Å². The number of hydrogen-bond acceptors (Lipinski definition) is 3. The number of hydrogen-bond donors (Lipinski definition) is 0. The van der Waals surface area contributed by atoms with E-state index in [0.29, 0.717) is 0 Å². The highest BCUT2D eigenvalue weighted by Crippen LogP contribution is 2.48. The number of fused-ring (bicyclic) bond motifs is 7. The molecule has 1 aromatic heterocycles. The summed E-state index contributed by atoms with van der Waals surface area (Å²) in [5.74, 6) is 0. The average molecular weight is 827 g/mol. The second-order valence-electron chi connectivity index (χ2n) is 22.0. The highest BCUT2D eigenvalue weighted by Gasteiger charge is 2.45. The molecular weight excluding hydrogens is 768 g/mol. The lowest BCUT2D eigenvalue weighted by Gasteiger charge is -2.45. The van der Waals surface area contributed by atoms with Gasteiger partial charge >= 0.3 is 0 Å². The number of nitrogens with zero attached hydrogens (tertiary/aromatic N) is 2. The molecule has 0 spiro atoms. The van der Waals surface area contributed by atoms with Gasteiger partial charge in [-0.3, -0.25) is 0 Å². The second kappa shape index (κ2) is 14.0. The van der Waals surface area contributed by atoms with Crippen molar-refractivity contribution in [1.29, 1.82) is 0 Å². The topological polar surface area (TPSA) is 6.48 Å². The molecular formula is C58H59BN2S. The van der Waals surface area contributed by atoms with E-state index < -0.39 is 0 Å². The van der Waals surface area contributed by atoms with E-state index in [1.165, 1.54) is 104 Å². The van der Waals surface area contributed by atoms with Crippen LogP contribution in [-0.2, 0) is 21.7 Å². The summed E-state index contributed by atoms with van der Waals surface area (Å²) in [6.07, 6.45) is 0. The van der Waals surface area contributed by atoms with Gasteiger partial charge in [-0.2, -0.15) is 0 Å². The first-order valence-electron chi connectivity index (χ1n) is 22.5. The van der Waals surface area contributed by atoms with Crippen LogP contribution >= 0.6 is 11.3 Å². The average Bonchev–Trinajstić information content (AvgIpc) is 3.60. The van der Waals surface area contributed by atoms with Gasteiger partial charge in [-0.05, 0) is 132 Å². The van der Waals surface area contributed by atoms with Crippen molar-refractivity contribution >= 4 is 88.7 Å². The summed E-state index contributed by atoms with van der Waals surface area (Å²) in [5.41, 5.74) is 19.3. The van der Waals surface area contributed by atoms with Gasteiger partial charge in [-0.25, -0.2) is 0 Å². The summed E-state index contributed by atoms with van der Waals surface area (Å²) in [5, 5.41) is 2.66. The Bertz CT molecular complexity index is 3070. The molecule has 62 heavy (non-hydrogen) atoms. The molecule has 8 aromatic rings. The number of rotatable bonds is 3. The summed E-state index contributed by atoms with van der Waals surface area (Å²) in [6, 6.07) is 54.1. The fourth-order valence-electron chi connectivity index (χ4n) is 9.77. The van der Waals surface area contributed by atoms with Crippen molar-refractivity contribution in [2.45, 2.75) is 105 Å². The number of anilines is 6. The van der Waals surface area contributed by atoms with Crippen molar-refractivity contribution in [2.75, 3.05) is 9.80 Å². The first kappa shape index (κ1) is 40.5. The molecule has 0 saturated carbocycles. The van der Waals surface area contributed by atoms with E-state index in [1.54, 1.807) is 0 Å². The van der Waals surface area contributed by atoms with E-state index in [0.717, 1.165) is 0 Å². The van der Waals surface area contributed by atoms with Crippen LogP contribution in [-0.4, -0.2) is 6.71 Å². The fourth-order valence-corrected chi connectivity index (χ4v) is 10.9. The smallest absolute Gasteiger partial charge is 0.252 e. The Kier molecular flexibility index (Phi) is 9.12. The van der Waals surface area contributed by atoms with Gasteiger partial charge in [-0.15, -0.1) is 11.3 Å². The van der Waals surface area contributed by atoms with Crippen LogP contribution in [0.15, 0.2) is 140 Å². The van der Waals surface area contributed by atoms with Crippen molar-refractivity contribution in [1.82, 2.24) is 0 Å². The predicted octanol–water partition coefficient (Wildman–Crippen LogP) is 15.0. The standard InChI is InChI=1S/C58H59BN2S/c1-55(2,3)38-21-25-42(26-22-38)60-48-28-23-39(56(4,5)6)32-46(48)59-47-33-40(57(7,8)9)24-29-49(47)61(51-35-41(58(10,11)12)34-50(60)54(51)59)43-17-15-16-36(30-43)37-20-27-45-44-18-13-14-19-52(44)62-53(45)31-37/h13-35H,1-12H3. The molecule has 7 aromatic carbocycles. The minimum Gasteiger partial charge on any atom is -0.311 e. The Morgan fingerprint density at radius 3 is 1.47 bits per heavy atom. The molecule has 0 N–H and O–H groups in total. The molecule has 0 bridgehead atoms. The van der Waals surface area contributed by atoms with Gasteiger partial charge in [0.2, 0.25) is 0 Å². The first-order valence-corrected chi connectivity index (χ1v) is 23.3. The number of benzene rings is 7. The van der Waals surface area contributed by atoms with Crippen LogP contribution in [0.5, 0.6) is 0 Å². The highest BCUT2D eigenvalue weighted by molar-refractivity contribution is 7.25. The van der Waals surface area contributed by atoms with Gasteiger partial charge in [0.05, 0.1) is 0 Å². The van der Waals surface area contributed by atoms with E-state index in [-0.39, 0.29) is 28.4 Å². The molecule has 2 aliphatic heterocycles. The van der Waals surface area contributed by atoms with Gasteiger partial charge < -0.3 is 9.80 Å². The minimum absolute atomic E-state index is 0.0104. The van der Waals surface area contributed by atoms with Crippen molar-refractivity contribution in [3.63, 3.8) is 0 Å². The Balaban J connectivity index is 1.26. The zero-order valence-electron chi connectivity index (χ0n) is 38.7. The van der Waals surface area contributed by atoms with E-state index >= 15 is 0 Å². The molecule has 3 heterocycles.